The molecule has 0 amide bonds. The molecule has 3 rings (SSSR count). The van der Waals surface area contributed by atoms with Crippen molar-refractivity contribution < 1.29 is 13.6 Å². The minimum atomic E-state index is -1.58. The number of hydrogen-bond acceptors (Lipinski definition) is 4. The number of benzene rings is 2. The van der Waals surface area contributed by atoms with Crippen LogP contribution in [0.25, 0.3) is 0 Å². The maximum absolute atomic E-state index is 6.65. The summed E-state index contributed by atoms with van der Waals surface area (Å²) in [4.78, 5) is 2.28. The van der Waals surface area contributed by atoms with Gasteiger partial charge in [-0.15, -0.1) is 0 Å². The van der Waals surface area contributed by atoms with Gasteiger partial charge in [0.25, 0.3) is 0 Å². The summed E-state index contributed by atoms with van der Waals surface area (Å²) in [5.41, 5.74) is 4.78. The summed E-state index contributed by atoms with van der Waals surface area (Å²) in [6.45, 7) is 20.7. The molecule has 0 spiro atoms. The van der Waals surface area contributed by atoms with Crippen molar-refractivity contribution in [2.75, 3.05) is 6.61 Å². The molecule has 1 aliphatic rings. The van der Waals surface area contributed by atoms with Crippen molar-refractivity contribution in [1.82, 2.24) is 0 Å². The van der Waals surface area contributed by atoms with E-state index >= 15 is 0 Å². The van der Waals surface area contributed by atoms with Crippen LogP contribution in [0.4, 0.5) is 0 Å². The lowest BCUT2D eigenvalue weighted by atomic mass is 9.85. The van der Waals surface area contributed by atoms with E-state index < -0.39 is 8.60 Å². The summed E-state index contributed by atoms with van der Waals surface area (Å²) in [6.07, 6.45) is 7.37. The number of unbranched alkanes of at least 4 members (excludes halogenated alkanes) is 5. The Kier molecular flexibility index (Phi) is 9.63. The van der Waals surface area contributed by atoms with E-state index in [2.05, 4.69) is 86.6 Å². The van der Waals surface area contributed by atoms with Crippen molar-refractivity contribution in [1.29, 1.82) is 0 Å². The van der Waals surface area contributed by atoms with Crippen molar-refractivity contribution in [3.8, 4) is 11.5 Å². The van der Waals surface area contributed by atoms with Gasteiger partial charge in [0.2, 0.25) is 0 Å². The van der Waals surface area contributed by atoms with E-state index in [1.807, 2.05) is 0 Å². The Morgan fingerprint density at radius 3 is 1.63 bits per heavy atom. The lowest BCUT2D eigenvalue weighted by Crippen LogP contribution is -2.17. The van der Waals surface area contributed by atoms with Crippen molar-refractivity contribution in [3.63, 3.8) is 0 Å². The van der Waals surface area contributed by atoms with Crippen LogP contribution in [-0.2, 0) is 15.4 Å². The lowest BCUT2D eigenvalue weighted by Gasteiger charge is -2.32. The average Bonchev–Trinajstić information content (AvgIpc) is 2.73. The summed E-state index contributed by atoms with van der Waals surface area (Å²) in [7, 11) is -1.58. The molecule has 0 bridgehead atoms. The highest BCUT2D eigenvalue weighted by Crippen LogP contribution is 2.56. The smallest absolute Gasteiger partial charge is 0.416 e. The van der Waals surface area contributed by atoms with Gasteiger partial charge in [0, 0.05) is 11.1 Å². The van der Waals surface area contributed by atoms with Crippen LogP contribution in [0.5, 0.6) is 11.5 Å². The molecule has 0 atom stereocenters. The molecule has 5 heteroatoms. The largest absolute Gasteiger partial charge is 0.463 e. The van der Waals surface area contributed by atoms with Gasteiger partial charge in [0.05, 0.1) is 16.4 Å². The van der Waals surface area contributed by atoms with Crippen LogP contribution in [0.2, 0.25) is 0 Å². The molecule has 2 aromatic rings. The van der Waals surface area contributed by atoms with Gasteiger partial charge in [-0.25, -0.2) is 0 Å². The van der Waals surface area contributed by atoms with Crippen molar-refractivity contribution in [2.24, 2.45) is 0 Å². The van der Waals surface area contributed by atoms with Crippen molar-refractivity contribution in [2.45, 2.75) is 121 Å². The third-order valence-electron chi connectivity index (χ3n) is 6.26. The summed E-state index contributed by atoms with van der Waals surface area (Å²) in [5, 5.41) is 0. The van der Waals surface area contributed by atoms with Gasteiger partial charge in [0.15, 0.2) is 0 Å². The quantitative estimate of drug-likeness (QED) is 0.258. The highest BCUT2D eigenvalue weighted by atomic mass is 32.2. The molecule has 0 fully saturated rings. The molecule has 3 nitrogen and oxygen atoms in total. The fourth-order valence-corrected chi connectivity index (χ4v) is 6.75. The van der Waals surface area contributed by atoms with E-state index in [-0.39, 0.29) is 10.8 Å². The topological polar surface area (TPSA) is 27.7 Å². The monoisotopic (exact) mass is 516 g/mol. The summed E-state index contributed by atoms with van der Waals surface area (Å²) >= 11 is 1.75. The molecule has 0 radical (unpaired) electrons. The first kappa shape index (κ1) is 28.4. The fraction of sp³-hybridized carbons (Fsp3) is 0.600. The van der Waals surface area contributed by atoms with Crippen LogP contribution in [0, 0.1) is 13.8 Å². The second-order valence-corrected chi connectivity index (χ2v) is 14.0. The second-order valence-electron chi connectivity index (χ2n) is 11.9. The van der Waals surface area contributed by atoms with Crippen molar-refractivity contribution >= 4 is 20.4 Å². The molecule has 35 heavy (non-hydrogen) atoms. The van der Waals surface area contributed by atoms with E-state index in [0.717, 1.165) is 27.7 Å². The Bertz CT molecular complexity index is 933. The summed E-state index contributed by atoms with van der Waals surface area (Å²) < 4.78 is 19.6. The number of rotatable bonds is 8. The first-order valence-electron chi connectivity index (χ1n) is 13.2. The third-order valence-corrected chi connectivity index (χ3v) is 8.36. The van der Waals surface area contributed by atoms with Gasteiger partial charge >= 0.3 is 8.60 Å². The van der Waals surface area contributed by atoms with Crippen LogP contribution >= 0.6 is 20.4 Å². The first-order chi connectivity index (χ1) is 16.4. The van der Waals surface area contributed by atoms with Gasteiger partial charge in [-0.3, -0.25) is 4.52 Å². The SMILES string of the molecule is CCCCCCCCOP1Oc2c(cc(C)cc2C(C)(C)C)Sc2cc(C)cc(C(C)(C)C)c2O1. The molecule has 0 aromatic heterocycles. The van der Waals surface area contributed by atoms with E-state index in [0.29, 0.717) is 6.61 Å². The predicted octanol–water partition coefficient (Wildman–Crippen LogP) is 10.4. The summed E-state index contributed by atoms with van der Waals surface area (Å²) in [5.74, 6) is 1.82. The van der Waals surface area contributed by atoms with E-state index in [1.54, 1.807) is 11.8 Å². The maximum atomic E-state index is 6.65. The molecule has 1 heterocycles. The zero-order valence-corrected chi connectivity index (χ0v) is 25.1. The van der Waals surface area contributed by atoms with Gasteiger partial charge in [-0.05, 0) is 54.4 Å². The van der Waals surface area contributed by atoms with E-state index in [9.17, 15) is 0 Å². The molecule has 0 saturated heterocycles. The van der Waals surface area contributed by atoms with Gasteiger partial charge < -0.3 is 9.05 Å². The molecule has 194 valence electrons. The zero-order valence-electron chi connectivity index (χ0n) is 23.3. The molecule has 0 aliphatic carbocycles. The minimum Gasteiger partial charge on any atom is -0.416 e. The predicted molar refractivity (Wildman–Crippen MR) is 151 cm³/mol. The molecule has 0 unspecified atom stereocenters. The number of hydrogen-bond donors (Lipinski definition) is 0. The third kappa shape index (κ3) is 7.63. The van der Waals surface area contributed by atoms with Crippen LogP contribution in [0.1, 0.15) is 109 Å². The average molecular weight is 517 g/mol. The summed E-state index contributed by atoms with van der Waals surface area (Å²) in [6, 6.07) is 8.98. The standard InChI is InChI=1S/C30H45O3PS/c1-10-11-12-13-14-15-16-31-34-32-27-23(29(4,5)6)17-21(2)19-25(27)35-26-20-22(3)18-24(28(26)33-34)30(7,8)9/h17-20H,10-16H2,1-9H3. The second kappa shape index (κ2) is 11.9. The van der Waals surface area contributed by atoms with Crippen LogP contribution in [0.3, 0.4) is 0 Å². The maximum Gasteiger partial charge on any atom is 0.463 e. The van der Waals surface area contributed by atoms with Gasteiger partial charge in [-0.2, -0.15) is 0 Å². The Morgan fingerprint density at radius 1 is 0.714 bits per heavy atom. The Labute approximate surface area is 219 Å². The Balaban J connectivity index is 2.00. The molecule has 2 aromatic carbocycles. The normalized spacial score (nSPS) is 14.4. The lowest BCUT2D eigenvalue weighted by molar-refractivity contribution is 0.252. The molecular formula is C30H45O3PS. The Morgan fingerprint density at radius 2 is 1.17 bits per heavy atom. The minimum absolute atomic E-state index is 0.0534. The van der Waals surface area contributed by atoms with Crippen LogP contribution < -0.4 is 9.05 Å². The van der Waals surface area contributed by atoms with Gasteiger partial charge in [0.1, 0.15) is 11.5 Å². The van der Waals surface area contributed by atoms with Gasteiger partial charge in [-0.1, -0.05) is 104 Å². The molecular weight excluding hydrogens is 471 g/mol. The zero-order chi connectivity index (χ0) is 25.8. The molecule has 0 N–H and O–H groups in total. The number of aryl methyl sites for hydroxylation is 2. The highest BCUT2D eigenvalue weighted by molar-refractivity contribution is 7.99. The highest BCUT2D eigenvalue weighted by Gasteiger charge is 2.33. The van der Waals surface area contributed by atoms with E-state index in [1.165, 1.54) is 54.4 Å². The number of fused-ring (bicyclic) bond motifs is 2. The van der Waals surface area contributed by atoms with Crippen LogP contribution in [-0.4, -0.2) is 6.61 Å². The van der Waals surface area contributed by atoms with Crippen molar-refractivity contribution in [3.05, 3.63) is 46.5 Å². The fourth-order valence-electron chi connectivity index (χ4n) is 4.29. The Hall–Kier alpha value is -1.22. The molecule has 1 aliphatic heterocycles. The first-order valence-corrected chi connectivity index (χ1v) is 15.1. The van der Waals surface area contributed by atoms with E-state index in [4.69, 9.17) is 13.6 Å². The van der Waals surface area contributed by atoms with Crippen LogP contribution in [0.15, 0.2) is 34.1 Å². The molecule has 0 saturated carbocycles.